The molecule has 0 heterocycles. The van der Waals surface area contributed by atoms with E-state index < -0.39 is 43.2 Å². The van der Waals surface area contributed by atoms with Crippen LogP contribution in [0.1, 0.15) is 84.0 Å². The van der Waals surface area contributed by atoms with Gasteiger partial charge in [-0.3, -0.25) is 4.79 Å². The van der Waals surface area contributed by atoms with Gasteiger partial charge >= 0.3 is 5.97 Å². The largest absolute Gasteiger partial charge is 0.463 e. The Kier molecular flexibility index (Phi) is 31.8. The van der Waals surface area contributed by atoms with Gasteiger partial charge in [0, 0.05) is 6.42 Å². The zero-order chi connectivity index (χ0) is 34.3. The highest BCUT2D eigenvalue weighted by molar-refractivity contribution is 5.69. The predicted molar refractivity (Wildman–Crippen MR) is 169 cm³/mol. The van der Waals surface area contributed by atoms with Crippen LogP contribution in [0.5, 0.6) is 0 Å². The van der Waals surface area contributed by atoms with E-state index in [0.29, 0.717) is 6.42 Å². The maximum absolute atomic E-state index is 11.9. The van der Waals surface area contributed by atoms with Gasteiger partial charge in [-0.1, -0.05) is 71.1 Å². The molecule has 0 aliphatic carbocycles. The summed E-state index contributed by atoms with van der Waals surface area (Å²) < 4.78 is 31.0. The monoisotopic (exact) mass is 672 g/mol. The molecule has 6 unspecified atom stereocenters. The molecule has 14 nitrogen and oxygen atoms in total. The highest BCUT2D eigenvalue weighted by Crippen LogP contribution is 2.12. The molecule has 0 aromatic rings. The molecule has 0 aromatic carbocycles. The molecule has 0 spiro atoms. The molecular formula is C32H64O14. The van der Waals surface area contributed by atoms with E-state index in [1.165, 1.54) is 51.4 Å². The van der Waals surface area contributed by atoms with Crippen molar-refractivity contribution < 1.29 is 69.0 Å². The van der Waals surface area contributed by atoms with Crippen molar-refractivity contribution in [2.75, 3.05) is 79.3 Å². The third-order valence-electron chi connectivity index (χ3n) is 6.73. The summed E-state index contributed by atoms with van der Waals surface area (Å²) in [7, 11) is 0. The molecule has 0 aliphatic rings. The van der Waals surface area contributed by atoms with E-state index in [1.54, 1.807) is 0 Å². The first kappa shape index (κ1) is 45.0. The number of carbonyl (C=O) groups excluding carboxylic acids is 1. The first-order chi connectivity index (χ1) is 22.2. The summed E-state index contributed by atoms with van der Waals surface area (Å²) in [4.78, 5) is 11.9. The van der Waals surface area contributed by atoms with Gasteiger partial charge in [0.05, 0.1) is 72.7 Å². The molecule has 0 bridgehead atoms. The lowest BCUT2D eigenvalue weighted by molar-refractivity contribution is -0.148. The molecule has 0 aliphatic heterocycles. The Morgan fingerprint density at radius 3 is 1.04 bits per heavy atom. The Bertz CT molecular complexity index is 658. The minimum atomic E-state index is -1.02. The van der Waals surface area contributed by atoms with E-state index >= 15 is 0 Å². The van der Waals surface area contributed by atoms with Gasteiger partial charge < -0.3 is 64.2 Å². The molecule has 7 N–H and O–H groups in total. The molecule has 276 valence electrons. The minimum Gasteiger partial charge on any atom is -0.463 e. The maximum Gasteiger partial charge on any atom is 0.305 e. The van der Waals surface area contributed by atoms with Crippen LogP contribution in [0.15, 0.2) is 0 Å². The van der Waals surface area contributed by atoms with E-state index in [2.05, 4.69) is 6.92 Å². The van der Waals surface area contributed by atoms with Crippen molar-refractivity contribution in [2.45, 2.75) is 121 Å². The van der Waals surface area contributed by atoms with Crippen molar-refractivity contribution in [3.05, 3.63) is 0 Å². The molecule has 0 aromatic heterocycles. The van der Waals surface area contributed by atoms with Gasteiger partial charge in [-0.2, -0.15) is 0 Å². The van der Waals surface area contributed by atoms with Gasteiger partial charge in [-0.05, 0) is 6.42 Å². The molecule has 6 atom stereocenters. The molecule has 0 amide bonds. The first-order valence-electron chi connectivity index (χ1n) is 16.9. The topological polar surface area (TPSA) is 214 Å². The molecule has 14 heteroatoms. The number of hydrogen-bond donors (Lipinski definition) is 7. The molecule has 46 heavy (non-hydrogen) atoms. The Morgan fingerprint density at radius 1 is 0.435 bits per heavy atom. The van der Waals surface area contributed by atoms with Crippen molar-refractivity contribution in [2.24, 2.45) is 0 Å². The zero-order valence-corrected chi connectivity index (χ0v) is 27.9. The molecule has 0 saturated heterocycles. The standard InChI is InChI=1S/C32H64O14/c1-2-3-4-5-6-7-8-9-10-11-12-13-32(40)46-25-31(39)24-45-23-30(38)22-44-21-29(37)20-43-19-28(36)18-42-17-27(35)16-41-15-26(34)14-33/h26-31,33-39H,2-25H2,1H3. The molecule has 0 radical (unpaired) electrons. The van der Waals surface area contributed by atoms with Crippen molar-refractivity contribution in [3.8, 4) is 0 Å². The molecule has 0 fully saturated rings. The van der Waals surface area contributed by atoms with Crippen LogP contribution in [0, 0.1) is 0 Å². The summed E-state index contributed by atoms with van der Waals surface area (Å²) in [5.74, 6) is -0.343. The van der Waals surface area contributed by atoms with Crippen LogP contribution in [-0.2, 0) is 33.2 Å². The third kappa shape index (κ3) is 31.6. The Hall–Kier alpha value is -1.01. The van der Waals surface area contributed by atoms with Crippen LogP contribution in [0.4, 0.5) is 0 Å². The second-order valence-corrected chi connectivity index (χ2v) is 11.8. The lowest BCUT2D eigenvalue weighted by Crippen LogP contribution is -2.31. The van der Waals surface area contributed by atoms with Crippen LogP contribution < -0.4 is 0 Å². The zero-order valence-electron chi connectivity index (χ0n) is 27.9. The second-order valence-electron chi connectivity index (χ2n) is 11.8. The fraction of sp³-hybridized carbons (Fsp3) is 0.969. The normalized spacial score (nSPS) is 15.7. The average Bonchev–Trinajstić information content (AvgIpc) is 3.02. The SMILES string of the molecule is CCCCCCCCCCCCCC(=O)OCC(O)COCC(O)COCC(O)COCC(O)COCC(O)COCC(O)CO. The van der Waals surface area contributed by atoms with E-state index in [0.717, 1.165) is 19.3 Å². The summed E-state index contributed by atoms with van der Waals surface area (Å²) in [6.07, 6.45) is 7.53. The van der Waals surface area contributed by atoms with Gasteiger partial charge in [0.1, 0.15) is 43.2 Å². The summed E-state index contributed by atoms with van der Waals surface area (Å²) in [6.45, 7) is 0.421. The molecule has 0 saturated carbocycles. The van der Waals surface area contributed by atoms with Gasteiger partial charge in [0.25, 0.3) is 0 Å². The number of aliphatic hydroxyl groups is 7. The number of carbonyl (C=O) groups is 1. The van der Waals surface area contributed by atoms with Crippen LogP contribution in [0.2, 0.25) is 0 Å². The summed E-state index contributed by atoms with van der Waals surface area (Å²) in [5.41, 5.74) is 0. The fourth-order valence-electron chi connectivity index (χ4n) is 4.19. The van der Waals surface area contributed by atoms with E-state index in [1.807, 2.05) is 0 Å². The summed E-state index contributed by atoms with van der Waals surface area (Å²) in [6, 6.07) is 0. The fourth-order valence-corrected chi connectivity index (χ4v) is 4.19. The van der Waals surface area contributed by atoms with Crippen molar-refractivity contribution >= 4 is 5.97 Å². The quantitative estimate of drug-likeness (QED) is 0.0360. The van der Waals surface area contributed by atoms with Gasteiger partial charge in [0.2, 0.25) is 0 Å². The van der Waals surface area contributed by atoms with Crippen LogP contribution in [0.3, 0.4) is 0 Å². The van der Waals surface area contributed by atoms with E-state index in [4.69, 9.17) is 38.6 Å². The number of ether oxygens (including phenoxy) is 6. The van der Waals surface area contributed by atoms with Crippen molar-refractivity contribution in [3.63, 3.8) is 0 Å². The third-order valence-corrected chi connectivity index (χ3v) is 6.73. The van der Waals surface area contributed by atoms with Crippen molar-refractivity contribution in [1.82, 2.24) is 0 Å². The number of rotatable bonds is 35. The summed E-state index contributed by atoms with van der Waals surface area (Å²) in [5, 5.41) is 67.2. The smallest absolute Gasteiger partial charge is 0.305 e. The van der Waals surface area contributed by atoms with Gasteiger partial charge in [-0.15, -0.1) is 0 Å². The van der Waals surface area contributed by atoms with E-state index in [9.17, 15) is 30.3 Å². The Morgan fingerprint density at radius 2 is 0.717 bits per heavy atom. The Labute approximate surface area is 274 Å². The lowest BCUT2D eigenvalue weighted by atomic mass is 10.1. The highest BCUT2D eigenvalue weighted by Gasteiger charge is 2.14. The summed E-state index contributed by atoms with van der Waals surface area (Å²) >= 11 is 0. The highest BCUT2D eigenvalue weighted by atomic mass is 16.6. The molecular weight excluding hydrogens is 608 g/mol. The van der Waals surface area contributed by atoms with Gasteiger partial charge in [0.15, 0.2) is 0 Å². The van der Waals surface area contributed by atoms with Gasteiger partial charge in [-0.25, -0.2) is 0 Å². The minimum absolute atomic E-state index is 0.102. The van der Waals surface area contributed by atoms with Crippen LogP contribution in [0.25, 0.3) is 0 Å². The second kappa shape index (κ2) is 32.5. The lowest BCUT2D eigenvalue weighted by Gasteiger charge is -2.17. The average molecular weight is 673 g/mol. The van der Waals surface area contributed by atoms with Crippen molar-refractivity contribution in [1.29, 1.82) is 0 Å². The Balaban J connectivity index is 3.63. The molecule has 0 rings (SSSR count). The number of aliphatic hydroxyl groups excluding tert-OH is 7. The maximum atomic E-state index is 11.9. The first-order valence-corrected chi connectivity index (χ1v) is 16.9. The number of unbranched alkanes of at least 4 members (excludes halogenated alkanes) is 10. The van der Waals surface area contributed by atoms with E-state index in [-0.39, 0.29) is 78.6 Å². The predicted octanol–water partition coefficient (Wildman–Crippen LogP) is 0.471. The number of hydrogen-bond acceptors (Lipinski definition) is 14. The van der Waals surface area contributed by atoms with Crippen LogP contribution in [-0.4, -0.2) is 158 Å². The number of esters is 1. The van der Waals surface area contributed by atoms with Crippen LogP contribution >= 0.6 is 0 Å².